The van der Waals surface area contributed by atoms with Gasteiger partial charge in [0.1, 0.15) is 17.5 Å². The van der Waals surface area contributed by atoms with E-state index in [0.717, 1.165) is 16.6 Å². The van der Waals surface area contributed by atoms with E-state index >= 15 is 0 Å². The maximum Gasteiger partial charge on any atom is 0.423 e. The molecule has 0 aliphatic carbocycles. The number of nitrogens with zero attached hydrogens (tertiary/aromatic N) is 4. The van der Waals surface area contributed by atoms with E-state index < -0.39 is 51.8 Å². The van der Waals surface area contributed by atoms with Crippen LogP contribution in [0.1, 0.15) is 12.0 Å². The number of alkyl halides is 4. The van der Waals surface area contributed by atoms with Gasteiger partial charge in [0.15, 0.2) is 0 Å². The fourth-order valence-corrected chi connectivity index (χ4v) is 4.63. The third-order valence-corrected chi connectivity index (χ3v) is 6.46. The molecule has 1 saturated heterocycles. The average Bonchev–Trinajstić information content (AvgIpc) is 3.17. The molecule has 14 heteroatoms. The van der Waals surface area contributed by atoms with Crippen molar-refractivity contribution < 1.29 is 30.7 Å². The molecule has 1 atom stereocenters. The zero-order chi connectivity index (χ0) is 24.0. The van der Waals surface area contributed by atoms with Gasteiger partial charge in [-0.05, 0) is 30.7 Å². The highest BCUT2D eigenvalue weighted by molar-refractivity contribution is 7.90. The van der Waals surface area contributed by atoms with Gasteiger partial charge in [-0.2, -0.15) is 25.9 Å². The fraction of sp³-hybridized carbons (Fsp3) is 0.316. The molecule has 1 N–H and O–H groups in total. The van der Waals surface area contributed by atoms with Crippen LogP contribution in [0.2, 0.25) is 0 Å². The Bertz CT molecular complexity index is 1380. The maximum absolute atomic E-state index is 13.9. The predicted molar refractivity (Wildman–Crippen MR) is 110 cm³/mol. The molecular formula is C19H17F4N5O4S. The number of rotatable bonds is 5. The van der Waals surface area contributed by atoms with E-state index in [-0.39, 0.29) is 24.1 Å². The summed E-state index contributed by atoms with van der Waals surface area (Å²) in [6.07, 6.45) is -4.26. The van der Waals surface area contributed by atoms with Crippen LogP contribution in [0.15, 0.2) is 41.6 Å². The number of benzene rings is 1. The van der Waals surface area contributed by atoms with Crippen LogP contribution in [0.25, 0.3) is 10.9 Å². The summed E-state index contributed by atoms with van der Waals surface area (Å²) in [7, 11) is -2.98. The molecule has 1 fully saturated rings. The first-order valence-electron chi connectivity index (χ1n) is 9.57. The van der Waals surface area contributed by atoms with Crippen LogP contribution in [0, 0.1) is 0 Å². The number of nitrogens with one attached hydrogen (secondary N) is 1. The normalized spacial score (nSPS) is 17.4. The van der Waals surface area contributed by atoms with Crippen LogP contribution >= 0.6 is 0 Å². The Labute approximate surface area is 184 Å². The zero-order valence-corrected chi connectivity index (χ0v) is 17.8. The summed E-state index contributed by atoms with van der Waals surface area (Å²) in [5.74, 6) is -1.06. The second-order valence-electron chi connectivity index (χ2n) is 7.33. The maximum atomic E-state index is 13.9. The zero-order valence-electron chi connectivity index (χ0n) is 17.0. The van der Waals surface area contributed by atoms with Crippen LogP contribution in [0.5, 0.6) is 11.6 Å². The Hall–Kier alpha value is -3.26. The number of ether oxygens (including phenoxy) is 1. The van der Waals surface area contributed by atoms with Crippen molar-refractivity contribution in [1.82, 2.24) is 18.8 Å². The van der Waals surface area contributed by atoms with Crippen LogP contribution in [0.4, 0.5) is 23.2 Å². The number of aryl methyl sites for hydroxylation is 1. The molecule has 0 amide bonds. The smallest absolute Gasteiger partial charge is 0.423 e. The fourth-order valence-electron chi connectivity index (χ4n) is 3.35. The predicted octanol–water partition coefficient (Wildman–Crippen LogP) is 2.84. The summed E-state index contributed by atoms with van der Waals surface area (Å²) >= 11 is 0. The Balaban J connectivity index is 1.73. The monoisotopic (exact) mass is 487 g/mol. The molecule has 33 heavy (non-hydrogen) atoms. The minimum absolute atomic E-state index is 0.0476. The lowest BCUT2D eigenvalue weighted by molar-refractivity contribution is -0.138. The lowest BCUT2D eigenvalue weighted by atomic mass is 10.2. The van der Waals surface area contributed by atoms with Crippen molar-refractivity contribution in [2.75, 3.05) is 17.8 Å². The number of hydrogen-bond acceptors (Lipinski definition) is 6. The molecule has 0 bridgehead atoms. The van der Waals surface area contributed by atoms with Gasteiger partial charge in [0.05, 0.1) is 22.9 Å². The number of hydrogen-bond donors (Lipinski definition) is 1. The molecule has 0 unspecified atom stereocenters. The van der Waals surface area contributed by atoms with E-state index in [4.69, 9.17) is 4.74 Å². The standard InChI is InChI=1S/C19H17F4N5O4S/c1-27-10-25-14-3-2-12(8-13(14)18(27)29)32-17-16(19(21,22)23)15(4-6-24-17)26-33(30,31)28-7-5-11(20)9-28/h2-4,6,8,10-11H,5,7,9H2,1H3,(H,24,26)/t11-/m0/s1. The van der Waals surface area contributed by atoms with Crippen molar-refractivity contribution in [3.05, 3.63) is 52.7 Å². The summed E-state index contributed by atoms with van der Waals surface area (Å²) in [5.41, 5.74) is -2.42. The lowest BCUT2D eigenvalue weighted by Crippen LogP contribution is -2.35. The van der Waals surface area contributed by atoms with Gasteiger partial charge in [0.25, 0.3) is 5.56 Å². The molecule has 0 radical (unpaired) electrons. The largest absolute Gasteiger partial charge is 0.438 e. The van der Waals surface area contributed by atoms with Gasteiger partial charge in [0.2, 0.25) is 5.88 Å². The number of aromatic nitrogens is 3. The minimum Gasteiger partial charge on any atom is -0.438 e. The second-order valence-corrected chi connectivity index (χ2v) is 9.00. The highest BCUT2D eigenvalue weighted by Crippen LogP contribution is 2.42. The molecule has 176 valence electrons. The van der Waals surface area contributed by atoms with Gasteiger partial charge in [-0.1, -0.05) is 0 Å². The van der Waals surface area contributed by atoms with E-state index in [1.807, 2.05) is 4.72 Å². The van der Waals surface area contributed by atoms with Gasteiger partial charge in [0, 0.05) is 26.3 Å². The van der Waals surface area contributed by atoms with E-state index in [9.17, 15) is 30.8 Å². The molecular weight excluding hydrogens is 470 g/mol. The molecule has 0 saturated carbocycles. The number of anilines is 1. The van der Waals surface area contributed by atoms with Gasteiger partial charge >= 0.3 is 16.4 Å². The highest BCUT2D eigenvalue weighted by atomic mass is 32.2. The molecule has 4 rings (SSSR count). The quantitative estimate of drug-likeness (QED) is 0.555. The third-order valence-electron chi connectivity index (χ3n) is 4.98. The topological polar surface area (TPSA) is 106 Å². The van der Waals surface area contributed by atoms with E-state index in [0.29, 0.717) is 5.52 Å². The highest BCUT2D eigenvalue weighted by Gasteiger charge is 2.41. The first-order chi connectivity index (χ1) is 15.5. The molecule has 0 spiro atoms. The van der Waals surface area contributed by atoms with Gasteiger partial charge in [-0.3, -0.25) is 9.52 Å². The molecule has 1 aliphatic rings. The first kappa shape index (κ1) is 22.9. The van der Waals surface area contributed by atoms with Crippen molar-refractivity contribution in [3.8, 4) is 11.6 Å². The Morgan fingerprint density at radius 2 is 1.97 bits per heavy atom. The van der Waals surface area contributed by atoms with E-state index in [2.05, 4.69) is 9.97 Å². The third kappa shape index (κ3) is 4.61. The van der Waals surface area contributed by atoms with Crippen molar-refractivity contribution in [3.63, 3.8) is 0 Å². The summed E-state index contributed by atoms with van der Waals surface area (Å²) in [6.45, 7) is -0.614. The Morgan fingerprint density at radius 1 is 1.21 bits per heavy atom. The number of fused-ring (bicyclic) bond motifs is 1. The van der Waals surface area contributed by atoms with Crippen molar-refractivity contribution in [2.24, 2.45) is 7.05 Å². The van der Waals surface area contributed by atoms with Crippen molar-refractivity contribution >= 4 is 26.8 Å². The Kier molecular flexibility index (Phi) is 5.74. The molecule has 1 aliphatic heterocycles. The van der Waals surface area contributed by atoms with Crippen LogP contribution in [-0.4, -0.2) is 46.5 Å². The first-order valence-corrected chi connectivity index (χ1v) is 11.0. The van der Waals surface area contributed by atoms with Gasteiger partial charge in [-0.15, -0.1) is 0 Å². The van der Waals surface area contributed by atoms with Crippen LogP contribution in [0.3, 0.4) is 0 Å². The van der Waals surface area contributed by atoms with Gasteiger partial charge < -0.3 is 9.30 Å². The number of pyridine rings is 1. The van der Waals surface area contributed by atoms with Crippen LogP contribution in [-0.2, 0) is 23.4 Å². The summed E-state index contributed by atoms with van der Waals surface area (Å²) in [6, 6.07) is 4.75. The van der Waals surface area contributed by atoms with Gasteiger partial charge in [-0.25, -0.2) is 14.4 Å². The lowest BCUT2D eigenvalue weighted by Gasteiger charge is -2.21. The summed E-state index contributed by atoms with van der Waals surface area (Å²) in [4.78, 5) is 19.9. The summed E-state index contributed by atoms with van der Waals surface area (Å²) in [5, 5.41) is 0.109. The van der Waals surface area contributed by atoms with Crippen LogP contribution < -0.4 is 15.0 Å². The summed E-state index contributed by atoms with van der Waals surface area (Å²) < 4.78 is 89.2. The second kappa shape index (κ2) is 8.26. The SMILES string of the molecule is Cn1cnc2ccc(Oc3nccc(NS(=O)(=O)N4CC[C@H](F)C4)c3C(F)(F)F)cc2c1=O. The minimum atomic E-state index is -5.05. The Morgan fingerprint density at radius 3 is 2.64 bits per heavy atom. The van der Waals surface area contributed by atoms with E-state index in [1.54, 1.807) is 0 Å². The molecule has 2 aromatic heterocycles. The van der Waals surface area contributed by atoms with Crippen molar-refractivity contribution in [2.45, 2.75) is 18.8 Å². The average molecular weight is 487 g/mol. The number of halogens is 4. The van der Waals surface area contributed by atoms with Crippen molar-refractivity contribution in [1.29, 1.82) is 0 Å². The molecule has 9 nitrogen and oxygen atoms in total. The molecule has 3 aromatic rings. The van der Waals surface area contributed by atoms with E-state index in [1.165, 1.54) is 36.1 Å². The molecule has 3 heterocycles. The molecule has 1 aromatic carbocycles.